The van der Waals surface area contributed by atoms with Gasteiger partial charge < -0.3 is 11.5 Å². The number of hydrogen-bond acceptors (Lipinski definition) is 0. The van der Waals surface area contributed by atoms with E-state index in [0.717, 1.165) is 24.8 Å². The topological polar surface area (TPSA) is 47.6 Å². The Morgan fingerprint density at radius 2 is 1.50 bits per heavy atom. The smallest absolute Gasteiger partial charge is 0 e. The van der Waals surface area contributed by atoms with E-state index in [1.54, 1.807) is 0 Å². The minimum absolute atomic E-state index is 0. The minimum atomic E-state index is 0. The fourth-order valence-corrected chi connectivity index (χ4v) is 2.84. The van der Waals surface area contributed by atoms with E-state index in [-0.39, 0.29) is 94.2 Å². The number of benzene rings is 2. The number of allylic oxidation sites excluding steroid dienone is 1. The largest absolute Gasteiger partial charge is 0.698 e. The third-order valence-corrected chi connectivity index (χ3v) is 3.97. The Kier molecular flexibility index (Phi) is 9.45. The second-order valence-electron chi connectivity index (χ2n) is 5.27. The van der Waals surface area contributed by atoms with Crippen LogP contribution in [-0.2, 0) is 12.8 Å². The molecule has 0 spiro atoms. The molecule has 0 aliphatic heterocycles. The number of aryl methyl sites for hydroxylation is 1. The van der Waals surface area contributed by atoms with Crippen LogP contribution < -0.4 is 0 Å². The summed E-state index contributed by atoms with van der Waals surface area (Å²) in [5.74, 6) is 0. The Hall–Kier alpha value is 0.823. The van der Waals surface area contributed by atoms with Crippen LogP contribution in [0, 0.1) is 88.1 Å². The molecule has 2 aromatic carbocycles. The van der Waals surface area contributed by atoms with E-state index in [1.165, 1.54) is 16.7 Å². The van der Waals surface area contributed by atoms with Gasteiger partial charge in [0.2, 0.25) is 0 Å². The maximum atomic E-state index is 7.61. The number of nitrogens with one attached hydrogen (secondary N) is 2. The molecule has 4 rings (SSSR count). The standard InChI is InChI=1S/C9H10N.C9H8N.2Ac/c2*10-9-6-5-7-3-1-2-4-8(7)9;;/h1-4,9-10H,5-6H2;1-4,6,10H,5H2;;/q2*-1;;. The van der Waals surface area contributed by atoms with Crippen molar-refractivity contribution in [3.63, 3.8) is 0 Å². The van der Waals surface area contributed by atoms with Crippen LogP contribution in [-0.4, -0.2) is 0 Å². The number of fused-ring (bicyclic) bond motifs is 2. The Labute approximate surface area is 204 Å². The van der Waals surface area contributed by atoms with Crippen molar-refractivity contribution >= 4 is 5.70 Å². The van der Waals surface area contributed by atoms with Crippen molar-refractivity contribution in [1.29, 1.82) is 0 Å². The van der Waals surface area contributed by atoms with Gasteiger partial charge in [0, 0.05) is 88.1 Å². The molecule has 0 aromatic heterocycles. The zero-order chi connectivity index (χ0) is 13.9. The zero-order valence-electron chi connectivity index (χ0n) is 12.5. The normalized spacial score (nSPS) is 17.0. The second-order valence-corrected chi connectivity index (χ2v) is 5.27. The van der Waals surface area contributed by atoms with Gasteiger partial charge in [0.25, 0.3) is 0 Å². The van der Waals surface area contributed by atoms with Gasteiger partial charge in [-0.15, -0.1) is 11.7 Å². The van der Waals surface area contributed by atoms with Crippen LogP contribution in [0.1, 0.15) is 34.7 Å². The predicted molar refractivity (Wildman–Crippen MR) is 84.3 cm³/mol. The molecule has 2 aliphatic rings. The summed E-state index contributed by atoms with van der Waals surface area (Å²) in [7, 11) is 0. The van der Waals surface area contributed by atoms with Crippen LogP contribution in [0.4, 0.5) is 0 Å². The molecule has 1 atom stereocenters. The Bertz CT molecular complexity index is 647. The van der Waals surface area contributed by atoms with Crippen molar-refractivity contribution in [2.24, 2.45) is 0 Å². The summed E-state index contributed by atoms with van der Waals surface area (Å²) in [5, 5.41) is 0. The minimum Gasteiger partial charge on any atom is -0.698 e. The predicted octanol–water partition coefficient (Wildman–Crippen LogP) is 5.36. The van der Waals surface area contributed by atoms with Crippen molar-refractivity contribution in [1.82, 2.24) is 0 Å². The van der Waals surface area contributed by atoms with E-state index < -0.39 is 0 Å². The second kappa shape index (κ2) is 9.96. The van der Waals surface area contributed by atoms with Crippen LogP contribution in [0.25, 0.3) is 17.2 Å². The molecule has 2 radical (unpaired) electrons. The molecule has 0 fully saturated rings. The first-order valence-corrected chi connectivity index (χ1v) is 7.04. The summed E-state index contributed by atoms with van der Waals surface area (Å²) in [6, 6.07) is 16.4. The van der Waals surface area contributed by atoms with E-state index >= 15 is 0 Å². The van der Waals surface area contributed by atoms with Gasteiger partial charge in [-0.2, -0.15) is 0 Å². The van der Waals surface area contributed by atoms with Gasteiger partial charge >= 0.3 is 0 Å². The van der Waals surface area contributed by atoms with Crippen LogP contribution in [0.3, 0.4) is 0 Å². The Morgan fingerprint density at radius 3 is 2.18 bits per heavy atom. The van der Waals surface area contributed by atoms with Crippen molar-refractivity contribution < 1.29 is 88.1 Å². The molecule has 0 bridgehead atoms. The molecule has 0 saturated carbocycles. The average Bonchev–Trinajstić information content (AvgIpc) is 3.05. The summed E-state index contributed by atoms with van der Waals surface area (Å²) < 4.78 is 0. The van der Waals surface area contributed by atoms with Crippen molar-refractivity contribution in [3.8, 4) is 0 Å². The SMILES string of the molecule is [Ac].[Ac].[NH-]C1=CCc2ccccc21.[NH-]C1CCc2ccccc21. The molecule has 2 N–H and O–H groups in total. The van der Waals surface area contributed by atoms with Crippen molar-refractivity contribution in [2.45, 2.75) is 25.3 Å². The fraction of sp³-hybridized carbons (Fsp3) is 0.222. The van der Waals surface area contributed by atoms with E-state index in [4.69, 9.17) is 11.5 Å². The molecule has 0 heterocycles. The van der Waals surface area contributed by atoms with Crippen LogP contribution in [0.15, 0.2) is 54.6 Å². The van der Waals surface area contributed by atoms with Gasteiger partial charge in [-0.25, -0.2) is 0 Å². The molecule has 0 amide bonds. The molecule has 108 valence electrons. The third kappa shape index (κ3) is 4.91. The molecule has 1 unspecified atom stereocenters. The number of rotatable bonds is 0. The summed E-state index contributed by atoms with van der Waals surface area (Å²) in [6.07, 6.45) is 5.00. The third-order valence-electron chi connectivity index (χ3n) is 3.97. The molecule has 2 nitrogen and oxygen atoms in total. The molecule has 22 heavy (non-hydrogen) atoms. The van der Waals surface area contributed by atoms with Gasteiger partial charge in [0.05, 0.1) is 0 Å². The molecule has 2 aliphatic carbocycles. The van der Waals surface area contributed by atoms with Gasteiger partial charge in [0.15, 0.2) is 0 Å². The summed E-state index contributed by atoms with van der Waals surface area (Å²) >= 11 is 0. The Balaban J connectivity index is 0.000000202. The van der Waals surface area contributed by atoms with Crippen LogP contribution in [0.2, 0.25) is 0 Å². The van der Waals surface area contributed by atoms with E-state index in [2.05, 4.69) is 24.3 Å². The summed E-state index contributed by atoms with van der Waals surface area (Å²) in [5.41, 5.74) is 20.8. The first kappa shape index (κ1) is 20.9. The Morgan fingerprint density at radius 1 is 0.864 bits per heavy atom. The maximum Gasteiger partial charge on any atom is 0 e. The first-order valence-electron chi connectivity index (χ1n) is 7.04. The van der Waals surface area contributed by atoms with Crippen LogP contribution in [0.5, 0.6) is 0 Å². The van der Waals surface area contributed by atoms with Gasteiger partial charge in [0.1, 0.15) is 0 Å². The van der Waals surface area contributed by atoms with Crippen LogP contribution >= 0.6 is 0 Å². The molecular formula is C18H18Ac2N2-2. The number of hydrogen-bond donors (Lipinski definition) is 0. The zero-order valence-corrected chi connectivity index (χ0v) is 22.0. The summed E-state index contributed by atoms with van der Waals surface area (Å²) in [6.45, 7) is 0. The van der Waals surface area contributed by atoms with Gasteiger partial charge in [-0.1, -0.05) is 66.6 Å². The van der Waals surface area contributed by atoms with Gasteiger partial charge in [-0.3, -0.25) is 0 Å². The van der Waals surface area contributed by atoms with Gasteiger partial charge in [-0.05, 0) is 29.5 Å². The average molecular weight is 716 g/mol. The van der Waals surface area contributed by atoms with Crippen molar-refractivity contribution in [3.05, 3.63) is 88.3 Å². The van der Waals surface area contributed by atoms with E-state index in [9.17, 15) is 0 Å². The monoisotopic (exact) mass is 716 g/mol. The fourth-order valence-electron chi connectivity index (χ4n) is 2.84. The quantitative estimate of drug-likeness (QED) is 0.353. The molecule has 4 heteroatoms. The van der Waals surface area contributed by atoms with E-state index in [0.29, 0.717) is 5.70 Å². The molecule has 2 aromatic rings. The summed E-state index contributed by atoms with van der Waals surface area (Å²) in [4.78, 5) is 0. The maximum absolute atomic E-state index is 7.61. The molecular weight excluding hydrogens is 698 g/mol. The van der Waals surface area contributed by atoms with Crippen molar-refractivity contribution in [2.75, 3.05) is 0 Å². The van der Waals surface area contributed by atoms with E-state index in [1.807, 2.05) is 30.3 Å². The molecule has 0 saturated heterocycles. The first-order chi connectivity index (χ1) is 9.75.